The van der Waals surface area contributed by atoms with E-state index < -0.39 is 0 Å². The Hall–Kier alpha value is -0.570. The summed E-state index contributed by atoms with van der Waals surface area (Å²) < 4.78 is 0. The number of likely N-dealkylation sites (tertiary alicyclic amines) is 1. The number of hydrogen-bond donors (Lipinski definition) is 1. The van der Waals surface area contributed by atoms with Gasteiger partial charge in [-0.3, -0.25) is 4.79 Å². The van der Waals surface area contributed by atoms with Gasteiger partial charge in [-0.05, 0) is 46.5 Å². The van der Waals surface area contributed by atoms with E-state index in [9.17, 15) is 4.79 Å². The predicted octanol–water partition coefficient (Wildman–Crippen LogP) is 1.78. The van der Waals surface area contributed by atoms with Crippen LogP contribution in [0.25, 0.3) is 0 Å². The molecule has 1 heterocycles. The SMILES string of the molecule is CC(C)N1CCC(C)(NC(=O)C2CC2)CC1. The van der Waals surface area contributed by atoms with Crippen LogP contribution in [0.1, 0.15) is 46.5 Å². The molecule has 1 saturated heterocycles. The number of piperidine rings is 1. The molecule has 0 spiro atoms. The summed E-state index contributed by atoms with van der Waals surface area (Å²) in [5.41, 5.74) is 0.0467. The van der Waals surface area contributed by atoms with Crippen LogP contribution in [0.3, 0.4) is 0 Å². The lowest BCUT2D eigenvalue weighted by atomic mass is 9.89. The third kappa shape index (κ3) is 2.76. The third-order valence-corrected chi connectivity index (χ3v) is 4.01. The van der Waals surface area contributed by atoms with Gasteiger partial charge in [0, 0.05) is 30.6 Å². The summed E-state index contributed by atoms with van der Waals surface area (Å²) in [5.74, 6) is 0.625. The Balaban J connectivity index is 1.83. The fraction of sp³-hybridized carbons (Fsp3) is 0.923. The monoisotopic (exact) mass is 224 g/mol. The van der Waals surface area contributed by atoms with Gasteiger partial charge in [-0.1, -0.05) is 0 Å². The van der Waals surface area contributed by atoms with E-state index in [1.165, 1.54) is 0 Å². The zero-order valence-electron chi connectivity index (χ0n) is 10.8. The van der Waals surface area contributed by atoms with Crippen molar-refractivity contribution in [1.29, 1.82) is 0 Å². The molecule has 1 N–H and O–H groups in total. The van der Waals surface area contributed by atoms with Gasteiger partial charge in [-0.15, -0.1) is 0 Å². The van der Waals surface area contributed by atoms with Crippen molar-refractivity contribution in [3.05, 3.63) is 0 Å². The summed E-state index contributed by atoms with van der Waals surface area (Å²) in [4.78, 5) is 14.3. The maximum Gasteiger partial charge on any atom is 0.223 e. The van der Waals surface area contributed by atoms with Gasteiger partial charge in [-0.25, -0.2) is 0 Å². The quantitative estimate of drug-likeness (QED) is 0.792. The molecule has 0 bridgehead atoms. The van der Waals surface area contributed by atoms with E-state index >= 15 is 0 Å². The van der Waals surface area contributed by atoms with Crippen LogP contribution < -0.4 is 5.32 Å². The first-order valence-corrected chi connectivity index (χ1v) is 6.56. The molecule has 0 atom stereocenters. The summed E-state index contributed by atoms with van der Waals surface area (Å²) in [6.45, 7) is 8.90. The first kappa shape index (κ1) is 11.9. The summed E-state index contributed by atoms with van der Waals surface area (Å²) in [5, 5.41) is 3.25. The molecule has 2 rings (SSSR count). The lowest BCUT2D eigenvalue weighted by Gasteiger charge is -2.41. The highest BCUT2D eigenvalue weighted by atomic mass is 16.2. The van der Waals surface area contributed by atoms with Crippen molar-refractivity contribution in [2.75, 3.05) is 13.1 Å². The molecular weight excluding hydrogens is 200 g/mol. The molecule has 0 aromatic rings. The van der Waals surface area contributed by atoms with Gasteiger partial charge >= 0.3 is 0 Å². The molecule has 2 fully saturated rings. The molecule has 1 amide bonds. The highest BCUT2D eigenvalue weighted by Crippen LogP contribution is 2.31. The fourth-order valence-electron chi connectivity index (χ4n) is 2.40. The van der Waals surface area contributed by atoms with E-state index in [4.69, 9.17) is 0 Å². The summed E-state index contributed by atoms with van der Waals surface area (Å²) in [6, 6.07) is 0.628. The largest absolute Gasteiger partial charge is 0.351 e. The van der Waals surface area contributed by atoms with Gasteiger partial charge in [0.2, 0.25) is 5.91 Å². The molecular formula is C13H24N2O. The van der Waals surface area contributed by atoms with Crippen LogP contribution in [0.5, 0.6) is 0 Å². The number of nitrogens with one attached hydrogen (secondary N) is 1. The lowest BCUT2D eigenvalue weighted by Crippen LogP contribution is -2.54. The van der Waals surface area contributed by atoms with Gasteiger partial charge in [0.1, 0.15) is 0 Å². The van der Waals surface area contributed by atoms with Crippen molar-refractivity contribution < 1.29 is 4.79 Å². The number of carbonyl (C=O) groups excluding carboxylic acids is 1. The highest BCUT2D eigenvalue weighted by Gasteiger charge is 2.37. The van der Waals surface area contributed by atoms with Crippen LogP contribution in [-0.2, 0) is 4.79 Å². The van der Waals surface area contributed by atoms with E-state index in [1.54, 1.807) is 0 Å². The Morgan fingerprint density at radius 2 is 1.88 bits per heavy atom. The number of amides is 1. The normalized spacial score (nSPS) is 25.8. The average molecular weight is 224 g/mol. The Morgan fingerprint density at radius 3 is 2.31 bits per heavy atom. The molecule has 92 valence electrons. The Morgan fingerprint density at radius 1 is 1.31 bits per heavy atom. The van der Waals surface area contributed by atoms with E-state index in [2.05, 4.69) is 31.0 Å². The number of nitrogens with zero attached hydrogens (tertiary/aromatic N) is 1. The minimum atomic E-state index is 0.0467. The maximum absolute atomic E-state index is 11.8. The summed E-state index contributed by atoms with van der Waals surface area (Å²) in [6.07, 6.45) is 4.37. The van der Waals surface area contributed by atoms with Gasteiger partial charge < -0.3 is 10.2 Å². The van der Waals surface area contributed by atoms with Gasteiger partial charge in [0.15, 0.2) is 0 Å². The first-order chi connectivity index (χ1) is 7.50. The van der Waals surface area contributed by atoms with Gasteiger partial charge in [-0.2, -0.15) is 0 Å². The molecule has 0 radical (unpaired) electrons. The Kier molecular flexibility index (Phi) is 3.24. The smallest absolute Gasteiger partial charge is 0.223 e. The van der Waals surface area contributed by atoms with Crippen LogP contribution in [0.2, 0.25) is 0 Å². The van der Waals surface area contributed by atoms with Crippen molar-refractivity contribution >= 4 is 5.91 Å². The van der Waals surface area contributed by atoms with Crippen molar-refractivity contribution in [3.8, 4) is 0 Å². The van der Waals surface area contributed by atoms with E-state index in [0.717, 1.165) is 38.8 Å². The molecule has 0 aromatic heterocycles. The van der Waals surface area contributed by atoms with E-state index in [-0.39, 0.29) is 5.54 Å². The molecule has 1 saturated carbocycles. The minimum absolute atomic E-state index is 0.0467. The standard InChI is InChI=1S/C13H24N2O/c1-10(2)15-8-6-13(3,7-9-15)14-12(16)11-4-5-11/h10-11H,4-9H2,1-3H3,(H,14,16). The molecule has 2 aliphatic rings. The van der Waals surface area contributed by atoms with E-state index in [0.29, 0.717) is 17.9 Å². The second-order valence-electron chi connectivity index (χ2n) is 5.95. The minimum Gasteiger partial charge on any atom is -0.351 e. The zero-order chi connectivity index (χ0) is 11.8. The van der Waals surface area contributed by atoms with Crippen molar-refractivity contribution in [2.24, 2.45) is 5.92 Å². The number of carbonyl (C=O) groups is 1. The van der Waals surface area contributed by atoms with Crippen LogP contribution in [-0.4, -0.2) is 35.5 Å². The third-order valence-electron chi connectivity index (χ3n) is 4.01. The molecule has 1 aliphatic heterocycles. The molecule has 0 unspecified atom stereocenters. The lowest BCUT2D eigenvalue weighted by molar-refractivity contribution is -0.124. The molecule has 1 aliphatic carbocycles. The summed E-state index contributed by atoms with van der Waals surface area (Å²) >= 11 is 0. The molecule has 3 heteroatoms. The predicted molar refractivity (Wildman–Crippen MR) is 65.2 cm³/mol. The molecule has 16 heavy (non-hydrogen) atoms. The van der Waals surface area contributed by atoms with Crippen LogP contribution in [0.15, 0.2) is 0 Å². The molecule has 0 aromatic carbocycles. The Bertz CT molecular complexity index is 263. The van der Waals surface area contributed by atoms with Crippen molar-refractivity contribution in [3.63, 3.8) is 0 Å². The highest BCUT2D eigenvalue weighted by molar-refractivity contribution is 5.81. The van der Waals surface area contributed by atoms with Crippen molar-refractivity contribution in [1.82, 2.24) is 10.2 Å². The maximum atomic E-state index is 11.8. The average Bonchev–Trinajstić information content (AvgIpc) is 3.00. The Labute approximate surface area is 98.6 Å². The zero-order valence-corrected chi connectivity index (χ0v) is 10.8. The fourth-order valence-corrected chi connectivity index (χ4v) is 2.40. The summed E-state index contributed by atoms with van der Waals surface area (Å²) in [7, 11) is 0. The van der Waals surface area contributed by atoms with Crippen molar-refractivity contribution in [2.45, 2.75) is 58.0 Å². The van der Waals surface area contributed by atoms with E-state index in [1.807, 2.05) is 0 Å². The second kappa shape index (κ2) is 4.36. The first-order valence-electron chi connectivity index (χ1n) is 6.56. The van der Waals surface area contributed by atoms with Gasteiger partial charge in [0.25, 0.3) is 0 Å². The second-order valence-corrected chi connectivity index (χ2v) is 5.95. The van der Waals surface area contributed by atoms with Gasteiger partial charge in [0.05, 0.1) is 0 Å². The van der Waals surface area contributed by atoms with Crippen LogP contribution >= 0.6 is 0 Å². The number of rotatable bonds is 3. The topological polar surface area (TPSA) is 32.3 Å². The van der Waals surface area contributed by atoms with Crippen LogP contribution in [0, 0.1) is 5.92 Å². The molecule has 3 nitrogen and oxygen atoms in total. The number of hydrogen-bond acceptors (Lipinski definition) is 2. The van der Waals surface area contributed by atoms with Crippen LogP contribution in [0.4, 0.5) is 0 Å².